The van der Waals surface area contributed by atoms with Crippen LogP contribution in [0.3, 0.4) is 0 Å². The van der Waals surface area contributed by atoms with E-state index in [9.17, 15) is 4.79 Å². The standard InChI is InChI=1S/C21H19N3O3/c1-13-4-3-5-14(2)20(13)24-21(25)17-8-6-16(11-22-17)23-15-7-9-18-19(10-15)27-12-26-18/h3-11,23H,12H2,1-2H3,(H,24,25). The number of nitrogens with zero attached hydrogens (tertiary/aromatic N) is 1. The van der Waals surface area contributed by atoms with Gasteiger partial charge in [-0.3, -0.25) is 4.79 Å². The van der Waals surface area contributed by atoms with Crippen LogP contribution in [-0.4, -0.2) is 17.7 Å². The number of benzene rings is 2. The van der Waals surface area contributed by atoms with Crippen LogP contribution < -0.4 is 20.1 Å². The van der Waals surface area contributed by atoms with E-state index in [1.54, 1.807) is 12.3 Å². The lowest BCUT2D eigenvalue weighted by atomic mass is 10.1. The van der Waals surface area contributed by atoms with Gasteiger partial charge in [-0.2, -0.15) is 0 Å². The van der Waals surface area contributed by atoms with Crippen LogP contribution in [0.15, 0.2) is 54.7 Å². The summed E-state index contributed by atoms with van der Waals surface area (Å²) in [4.78, 5) is 16.8. The highest BCUT2D eigenvalue weighted by atomic mass is 16.7. The van der Waals surface area contributed by atoms with Crippen molar-refractivity contribution in [2.24, 2.45) is 0 Å². The van der Waals surface area contributed by atoms with Crippen LogP contribution in [0.2, 0.25) is 0 Å². The van der Waals surface area contributed by atoms with E-state index in [4.69, 9.17) is 9.47 Å². The second-order valence-corrected chi connectivity index (χ2v) is 6.35. The monoisotopic (exact) mass is 361 g/mol. The van der Waals surface area contributed by atoms with E-state index in [1.807, 2.05) is 56.3 Å². The Balaban J connectivity index is 1.46. The molecule has 0 aliphatic carbocycles. The van der Waals surface area contributed by atoms with E-state index in [1.165, 1.54) is 0 Å². The third kappa shape index (κ3) is 3.55. The zero-order chi connectivity index (χ0) is 18.8. The maximum absolute atomic E-state index is 12.5. The summed E-state index contributed by atoms with van der Waals surface area (Å²) < 4.78 is 10.7. The Morgan fingerprint density at radius 1 is 0.963 bits per heavy atom. The fraction of sp³-hybridized carbons (Fsp3) is 0.143. The highest BCUT2D eigenvalue weighted by Gasteiger charge is 2.14. The summed E-state index contributed by atoms with van der Waals surface area (Å²) in [5.74, 6) is 1.21. The Hall–Kier alpha value is -3.54. The number of hydrogen-bond donors (Lipinski definition) is 2. The second-order valence-electron chi connectivity index (χ2n) is 6.35. The van der Waals surface area contributed by atoms with Crippen molar-refractivity contribution in [1.29, 1.82) is 0 Å². The first-order valence-corrected chi connectivity index (χ1v) is 8.60. The number of rotatable bonds is 4. The van der Waals surface area contributed by atoms with Gasteiger partial charge in [0, 0.05) is 17.4 Å². The topological polar surface area (TPSA) is 72.5 Å². The number of aryl methyl sites for hydroxylation is 2. The molecule has 0 bridgehead atoms. The molecular weight excluding hydrogens is 342 g/mol. The summed E-state index contributed by atoms with van der Waals surface area (Å²) in [6.45, 7) is 4.17. The highest BCUT2D eigenvalue weighted by Crippen LogP contribution is 2.35. The quantitative estimate of drug-likeness (QED) is 0.719. The lowest BCUT2D eigenvalue weighted by molar-refractivity contribution is 0.102. The molecule has 0 radical (unpaired) electrons. The SMILES string of the molecule is Cc1cccc(C)c1NC(=O)c1ccc(Nc2ccc3c(c2)OCO3)cn1. The maximum Gasteiger partial charge on any atom is 0.274 e. The number of ether oxygens (including phenoxy) is 2. The lowest BCUT2D eigenvalue weighted by Crippen LogP contribution is -2.15. The molecule has 2 heterocycles. The fourth-order valence-corrected chi connectivity index (χ4v) is 2.93. The Labute approximate surface area is 157 Å². The molecule has 0 saturated carbocycles. The third-order valence-corrected chi connectivity index (χ3v) is 4.38. The predicted molar refractivity (Wildman–Crippen MR) is 104 cm³/mol. The molecule has 1 aliphatic heterocycles. The van der Waals surface area contributed by atoms with Gasteiger partial charge in [0.1, 0.15) is 5.69 Å². The Morgan fingerprint density at radius 2 is 1.70 bits per heavy atom. The van der Waals surface area contributed by atoms with E-state index in [-0.39, 0.29) is 12.7 Å². The first-order valence-electron chi connectivity index (χ1n) is 8.60. The number of aromatic nitrogens is 1. The minimum atomic E-state index is -0.234. The molecule has 0 spiro atoms. The summed E-state index contributed by atoms with van der Waals surface area (Å²) in [6.07, 6.45) is 1.63. The maximum atomic E-state index is 12.5. The van der Waals surface area contributed by atoms with E-state index >= 15 is 0 Å². The van der Waals surface area contributed by atoms with Gasteiger partial charge in [0.15, 0.2) is 11.5 Å². The first kappa shape index (κ1) is 16.9. The van der Waals surface area contributed by atoms with Gasteiger partial charge in [-0.15, -0.1) is 0 Å². The van der Waals surface area contributed by atoms with Gasteiger partial charge in [0.2, 0.25) is 6.79 Å². The van der Waals surface area contributed by atoms with Crippen LogP contribution in [0.1, 0.15) is 21.6 Å². The van der Waals surface area contributed by atoms with Crippen LogP contribution in [0, 0.1) is 13.8 Å². The van der Waals surface area contributed by atoms with Gasteiger partial charge in [0.05, 0.1) is 11.9 Å². The van der Waals surface area contributed by atoms with Crippen molar-refractivity contribution in [3.63, 3.8) is 0 Å². The molecule has 4 rings (SSSR count). The molecule has 2 aromatic carbocycles. The summed E-state index contributed by atoms with van der Waals surface area (Å²) in [6, 6.07) is 15.0. The van der Waals surface area contributed by atoms with Gasteiger partial charge in [-0.1, -0.05) is 18.2 Å². The third-order valence-electron chi connectivity index (χ3n) is 4.38. The molecule has 3 aromatic rings. The molecule has 27 heavy (non-hydrogen) atoms. The van der Waals surface area contributed by atoms with Crippen molar-refractivity contribution < 1.29 is 14.3 Å². The van der Waals surface area contributed by atoms with Gasteiger partial charge < -0.3 is 20.1 Å². The average molecular weight is 361 g/mol. The van der Waals surface area contributed by atoms with E-state index in [0.29, 0.717) is 11.4 Å². The highest BCUT2D eigenvalue weighted by molar-refractivity contribution is 6.03. The van der Waals surface area contributed by atoms with Crippen molar-refractivity contribution in [3.05, 3.63) is 71.5 Å². The molecule has 6 heteroatoms. The molecule has 0 saturated heterocycles. The van der Waals surface area contributed by atoms with Crippen molar-refractivity contribution in [2.45, 2.75) is 13.8 Å². The molecule has 2 N–H and O–H groups in total. The number of carbonyl (C=O) groups excluding carboxylic acids is 1. The Kier molecular flexibility index (Phi) is 4.38. The zero-order valence-electron chi connectivity index (χ0n) is 15.1. The molecule has 1 amide bonds. The number of hydrogen-bond acceptors (Lipinski definition) is 5. The summed E-state index contributed by atoms with van der Waals surface area (Å²) in [5.41, 5.74) is 4.85. The number of pyridine rings is 1. The van der Waals surface area contributed by atoms with Crippen LogP contribution in [-0.2, 0) is 0 Å². The van der Waals surface area contributed by atoms with Gasteiger partial charge in [-0.05, 0) is 49.2 Å². The molecule has 0 unspecified atom stereocenters. The number of anilines is 3. The second kappa shape index (κ2) is 6.99. The molecule has 6 nitrogen and oxygen atoms in total. The van der Waals surface area contributed by atoms with Crippen molar-refractivity contribution in [1.82, 2.24) is 4.98 Å². The van der Waals surface area contributed by atoms with E-state index in [2.05, 4.69) is 15.6 Å². The van der Waals surface area contributed by atoms with Gasteiger partial charge >= 0.3 is 0 Å². The molecule has 0 atom stereocenters. The van der Waals surface area contributed by atoms with Crippen molar-refractivity contribution in [2.75, 3.05) is 17.4 Å². The molecule has 0 fully saturated rings. The summed E-state index contributed by atoms with van der Waals surface area (Å²) >= 11 is 0. The summed E-state index contributed by atoms with van der Waals surface area (Å²) in [7, 11) is 0. The largest absolute Gasteiger partial charge is 0.454 e. The van der Waals surface area contributed by atoms with E-state index in [0.717, 1.165) is 33.9 Å². The normalized spacial score (nSPS) is 11.9. The molecular formula is C21H19N3O3. The van der Waals surface area contributed by atoms with Crippen molar-refractivity contribution >= 4 is 23.0 Å². The van der Waals surface area contributed by atoms with Gasteiger partial charge in [0.25, 0.3) is 5.91 Å². The molecule has 1 aromatic heterocycles. The predicted octanol–water partition coefficient (Wildman–Crippen LogP) is 4.42. The number of para-hydroxylation sites is 1. The molecule has 1 aliphatic rings. The lowest BCUT2D eigenvalue weighted by Gasteiger charge is -2.11. The van der Waals surface area contributed by atoms with Crippen LogP contribution >= 0.6 is 0 Å². The number of nitrogens with one attached hydrogen (secondary N) is 2. The number of carbonyl (C=O) groups is 1. The Bertz CT molecular complexity index is 980. The van der Waals surface area contributed by atoms with Crippen LogP contribution in [0.5, 0.6) is 11.5 Å². The zero-order valence-corrected chi connectivity index (χ0v) is 15.1. The van der Waals surface area contributed by atoms with E-state index < -0.39 is 0 Å². The summed E-state index contributed by atoms with van der Waals surface area (Å²) in [5, 5.41) is 6.18. The van der Waals surface area contributed by atoms with Crippen LogP contribution in [0.25, 0.3) is 0 Å². The van der Waals surface area contributed by atoms with Gasteiger partial charge in [-0.25, -0.2) is 4.98 Å². The number of amides is 1. The van der Waals surface area contributed by atoms with Crippen LogP contribution in [0.4, 0.5) is 17.1 Å². The minimum Gasteiger partial charge on any atom is -0.454 e. The average Bonchev–Trinajstić information content (AvgIpc) is 3.13. The fourth-order valence-electron chi connectivity index (χ4n) is 2.93. The number of fused-ring (bicyclic) bond motifs is 1. The molecule has 136 valence electrons. The smallest absolute Gasteiger partial charge is 0.274 e. The van der Waals surface area contributed by atoms with Crippen molar-refractivity contribution in [3.8, 4) is 11.5 Å². The Morgan fingerprint density at radius 3 is 2.44 bits per heavy atom. The minimum absolute atomic E-state index is 0.234. The first-order chi connectivity index (χ1) is 13.1.